The molecule has 184 valence electrons. The molecule has 0 saturated carbocycles. The molecule has 3 N–H and O–H groups in total. The van der Waals surface area contributed by atoms with E-state index < -0.39 is 18.2 Å². The van der Waals surface area contributed by atoms with E-state index in [0.29, 0.717) is 17.1 Å². The Bertz CT molecular complexity index is 869. The van der Waals surface area contributed by atoms with E-state index in [2.05, 4.69) is 13.2 Å². The molecule has 0 spiro atoms. The van der Waals surface area contributed by atoms with Crippen LogP contribution in [0.4, 0.5) is 0 Å². The summed E-state index contributed by atoms with van der Waals surface area (Å²) < 4.78 is 22.5. The Morgan fingerprint density at radius 3 is 1.85 bits per heavy atom. The lowest BCUT2D eigenvalue weighted by Gasteiger charge is -2.36. The summed E-state index contributed by atoms with van der Waals surface area (Å²) in [5, 5.41) is 27.9. The van der Waals surface area contributed by atoms with Gasteiger partial charge in [-0.05, 0) is 41.0 Å². The zero-order valence-corrected chi connectivity index (χ0v) is 19.7. The monoisotopic (exact) mass is 470 g/mol. The highest BCUT2D eigenvalue weighted by Crippen LogP contribution is 2.41. The van der Waals surface area contributed by atoms with Crippen molar-refractivity contribution in [2.45, 2.75) is 31.0 Å². The van der Waals surface area contributed by atoms with E-state index in [1.54, 1.807) is 26.4 Å². The molecule has 0 aliphatic carbocycles. The maximum absolute atomic E-state index is 9.93. The standard InChI is InChI=1S/C27H34O7/c1-5-6-7-20(2)27(21-8-12-23(31-3)13-9-21,22-10-14-24(32-4)15-11-22)34-19-18-33-26(30)17-16-25(28)29/h5-15,25-26,28-30H,1-2,16-19H2,3-4H3/b7-6-. The van der Waals surface area contributed by atoms with Gasteiger partial charge in [0.25, 0.3) is 0 Å². The fraction of sp³-hybridized carbons (Fsp3) is 0.333. The first-order valence-corrected chi connectivity index (χ1v) is 10.9. The molecule has 0 saturated heterocycles. The summed E-state index contributed by atoms with van der Waals surface area (Å²) in [6.07, 6.45) is 2.75. The first-order chi connectivity index (χ1) is 16.4. The zero-order chi connectivity index (χ0) is 25.0. The summed E-state index contributed by atoms with van der Waals surface area (Å²) in [5.74, 6) is 1.41. The summed E-state index contributed by atoms with van der Waals surface area (Å²) in [7, 11) is 3.21. The number of hydrogen-bond acceptors (Lipinski definition) is 7. The van der Waals surface area contributed by atoms with Gasteiger partial charge in [0.1, 0.15) is 17.1 Å². The van der Waals surface area contributed by atoms with Crippen LogP contribution >= 0.6 is 0 Å². The van der Waals surface area contributed by atoms with Crippen LogP contribution in [-0.4, -0.2) is 55.3 Å². The molecule has 0 aliphatic heterocycles. The summed E-state index contributed by atoms with van der Waals surface area (Å²) in [5.41, 5.74) is 1.22. The molecular weight excluding hydrogens is 436 g/mol. The van der Waals surface area contributed by atoms with Gasteiger partial charge in [-0.25, -0.2) is 0 Å². The number of benzene rings is 2. The van der Waals surface area contributed by atoms with Gasteiger partial charge in [-0.2, -0.15) is 0 Å². The fourth-order valence-corrected chi connectivity index (χ4v) is 3.50. The van der Waals surface area contributed by atoms with E-state index >= 15 is 0 Å². The number of aliphatic hydroxyl groups excluding tert-OH is 2. The molecule has 1 unspecified atom stereocenters. The Labute approximate surface area is 201 Å². The number of allylic oxidation sites excluding steroid dienone is 2. The number of rotatable bonds is 15. The summed E-state index contributed by atoms with van der Waals surface area (Å²) >= 11 is 0. The second-order valence-corrected chi connectivity index (χ2v) is 7.49. The van der Waals surface area contributed by atoms with Crippen molar-refractivity contribution in [2.24, 2.45) is 0 Å². The molecule has 0 heterocycles. The quantitative estimate of drug-likeness (QED) is 0.207. The smallest absolute Gasteiger partial charge is 0.154 e. The minimum atomic E-state index is -1.49. The molecule has 0 aromatic heterocycles. The second-order valence-electron chi connectivity index (χ2n) is 7.49. The molecule has 0 radical (unpaired) electrons. The number of methoxy groups -OCH3 is 2. The van der Waals surface area contributed by atoms with Crippen molar-refractivity contribution in [3.63, 3.8) is 0 Å². The third kappa shape index (κ3) is 7.28. The third-order valence-corrected chi connectivity index (χ3v) is 5.26. The minimum absolute atomic E-state index is 0.00676. The average Bonchev–Trinajstić information content (AvgIpc) is 2.86. The maximum Gasteiger partial charge on any atom is 0.154 e. The molecule has 2 aromatic carbocycles. The minimum Gasteiger partial charge on any atom is -0.497 e. The molecule has 7 nitrogen and oxygen atoms in total. The third-order valence-electron chi connectivity index (χ3n) is 5.26. The average molecular weight is 471 g/mol. The van der Waals surface area contributed by atoms with E-state index in [4.69, 9.17) is 29.2 Å². The largest absolute Gasteiger partial charge is 0.497 e. The van der Waals surface area contributed by atoms with Crippen molar-refractivity contribution in [3.8, 4) is 11.5 Å². The Morgan fingerprint density at radius 1 is 0.882 bits per heavy atom. The van der Waals surface area contributed by atoms with E-state index in [1.165, 1.54) is 0 Å². The van der Waals surface area contributed by atoms with Crippen molar-refractivity contribution in [3.05, 3.63) is 96.6 Å². The Balaban J connectivity index is 2.41. The number of ether oxygens (including phenoxy) is 4. The lowest BCUT2D eigenvalue weighted by molar-refractivity contribution is -0.138. The Morgan fingerprint density at radius 2 is 1.41 bits per heavy atom. The highest BCUT2D eigenvalue weighted by Gasteiger charge is 2.37. The van der Waals surface area contributed by atoms with E-state index in [-0.39, 0.29) is 26.1 Å². The summed E-state index contributed by atoms with van der Waals surface area (Å²) in [4.78, 5) is 0. The fourth-order valence-electron chi connectivity index (χ4n) is 3.50. The van der Waals surface area contributed by atoms with Crippen molar-refractivity contribution < 1.29 is 34.3 Å². The molecule has 1 atom stereocenters. The van der Waals surface area contributed by atoms with E-state index in [1.807, 2.05) is 54.6 Å². The summed E-state index contributed by atoms with van der Waals surface area (Å²) in [6, 6.07) is 15.0. The van der Waals surface area contributed by atoms with E-state index in [0.717, 1.165) is 11.1 Å². The lowest BCUT2D eigenvalue weighted by atomic mass is 9.80. The van der Waals surface area contributed by atoms with Crippen LogP contribution in [0.1, 0.15) is 24.0 Å². The van der Waals surface area contributed by atoms with Gasteiger partial charge in [0.2, 0.25) is 0 Å². The highest BCUT2D eigenvalue weighted by molar-refractivity contribution is 5.50. The first-order valence-electron chi connectivity index (χ1n) is 10.9. The maximum atomic E-state index is 9.93. The topological polar surface area (TPSA) is 97.6 Å². The van der Waals surface area contributed by atoms with Gasteiger partial charge in [0.05, 0.1) is 27.4 Å². The van der Waals surface area contributed by atoms with Crippen molar-refractivity contribution in [1.29, 1.82) is 0 Å². The molecule has 0 bridgehead atoms. The molecule has 0 amide bonds. The van der Waals surface area contributed by atoms with Gasteiger partial charge in [-0.15, -0.1) is 0 Å². The molecule has 2 rings (SSSR count). The number of aliphatic hydroxyl groups is 3. The zero-order valence-electron chi connectivity index (χ0n) is 19.7. The van der Waals surface area contributed by atoms with Crippen LogP contribution in [0.2, 0.25) is 0 Å². The van der Waals surface area contributed by atoms with Crippen LogP contribution in [-0.2, 0) is 15.1 Å². The molecule has 34 heavy (non-hydrogen) atoms. The van der Waals surface area contributed by atoms with Gasteiger partial charge in [0, 0.05) is 12.8 Å². The van der Waals surface area contributed by atoms with Gasteiger partial charge in [0.15, 0.2) is 12.6 Å². The van der Waals surface area contributed by atoms with Gasteiger partial charge >= 0.3 is 0 Å². The predicted molar refractivity (Wildman–Crippen MR) is 131 cm³/mol. The Kier molecular flexibility index (Phi) is 11.0. The predicted octanol–water partition coefficient (Wildman–Crippen LogP) is 3.69. The highest BCUT2D eigenvalue weighted by atomic mass is 16.6. The SMILES string of the molecule is C=C/C=C\C(=C)C(OCCOC(O)CCC(O)O)(c1ccc(OC)cc1)c1ccc(OC)cc1. The van der Waals surface area contributed by atoms with Crippen LogP contribution < -0.4 is 9.47 Å². The van der Waals surface area contributed by atoms with Crippen LogP contribution in [0.15, 0.2) is 85.5 Å². The molecule has 7 heteroatoms. The van der Waals surface area contributed by atoms with Crippen LogP contribution in [0.5, 0.6) is 11.5 Å². The normalized spacial score (nSPS) is 12.6. The molecule has 2 aromatic rings. The van der Waals surface area contributed by atoms with Crippen molar-refractivity contribution in [2.75, 3.05) is 27.4 Å². The summed E-state index contributed by atoms with van der Waals surface area (Å²) in [6.45, 7) is 8.24. The van der Waals surface area contributed by atoms with Crippen LogP contribution in [0.25, 0.3) is 0 Å². The van der Waals surface area contributed by atoms with E-state index in [9.17, 15) is 5.11 Å². The van der Waals surface area contributed by atoms with Crippen molar-refractivity contribution >= 4 is 0 Å². The Hall–Kier alpha value is -2.94. The van der Waals surface area contributed by atoms with Crippen LogP contribution in [0, 0.1) is 0 Å². The van der Waals surface area contributed by atoms with Crippen molar-refractivity contribution in [1.82, 2.24) is 0 Å². The first kappa shape index (κ1) is 27.3. The van der Waals surface area contributed by atoms with Crippen LogP contribution in [0.3, 0.4) is 0 Å². The van der Waals surface area contributed by atoms with Gasteiger partial charge in [-0.3, -0.25) is 0 Å². The second kappa shape index (κ2) is 13.7. The molecular formula is C27H34O7. The molecule has 0 fully saturated rings. The number of hydrogen-bond donors (Lipinski definition) is 3. The lowest BCUT2D eigenvalue weighted by Crippen LogP contribution is -2.34. The van der Waals surface area contributed by atoms with Gasteiger partial charge < -0.3 is 34.3 Å². The van der Waals surface area contributed by atoms with Gasteiger partial charge in [-0.1, -0.05) is 55.7 Å². The molecule has 0 aliphatic rings.